The summed E-state index contributed by atoms with van der Waals surface area (Å²) in [6.07, 6.45) is 0. The maximum atomic E-state index is 6.29. The van der Waals surface area contributed by atoms with E-state index in [0.29, 0.717) is 5.92 Å². The standard InChI is InChI=1S/C16H17Cl/c1-11(2)13-7-8-16(17)15(10-13)14-6-4-5-12(3)9-14/h4-11H,1-3H3. The van der Waals surface area contributed by atoms with E-state index in [1.165, 1.54) is 16.7 Å². The molecule has 0 amide bonds. The summed E-state index contributed by atoms with van der Waals surface area (Å²) in [6.45, 7) is 6.50. The Morgan fingerprint density at radius 2 is 1.76 bits per heavy atom. The van der Waals surface area contributed by atoms with Gasteiger partial charge in [-0.3, -0.25) is 0 Å². The van der Waals surface area contributed by atoms with Crippen LogP contribution >= 0.6 is 11.6 Å². The Balaban J connectivity index is 2.54. The molecule has 1 heteroatoms. The quantitative estimate of drug-likeness (QED) is 0.660. The summed E-state index contributed by atoms with van der Waals surface area (Å²) in [5, 5.41) is 0.819. The average molecular weight is 245 g/mol. The van der Waals surface area contributed by atoms with Gasteiger partial charge in [-0.25, -0.2) is 0 Å². The van der Waals surface area contributed by atoms with Crippen molar-refractivity contribution in [3.8, 4) is 11.1 Å². The van der Waals surface area contributed by atoms with Gasteiger partial charge in [-0.15, -0.1) is 0 Å². The molecule has 0 N–H and O–H groups in total. The molecule has 2 rings (SSSR count). The third kappa shape index (κ3) is 2.70. The molecule has 88 valence electrons. The van der Waals surface area contributed by atoms with Gasteiger partial charge in [-0.1, -0.05) is 61.3 Å². The number of rotatable bonds is 2. The van der Waals surface area contributed by atoms with Gasteiger partial charge >= 0.3 is 0 Å². The largest absolute Gasteiger partial charge is 0.0837 e. The molecule has 17 heavy (non-hydrogen) atoms. The highest BCUT2D eigenvalue weighted by molar-refractivity contribution is 6.33. The molecule has 0 unspecified atom stereocenters. The third-order valence-electron chi connectivity index (χ3n) is 2.99. The summed E-state index contributed by atoms with van der Waals surface area (Å²) < 4.78 is 0. The fraction of sp³-hybridized carbons (Fsp3) is 0.250. The normalized spacial score (nSPS) is 10.9. The lowest BCUT2D eigenvalue weighted by molar-refractivity contribution is 0.867. The molecule has 0 spiro atoms. The van der Waals surface area contributed by atoms with Gasteiger partial charge in [0.25, 0.3) is 0 Å². The zero-order chi connectivity index (χ0) is 12.4. The van der Waals surface area contributed by atoms with E-state index < -0.39 is 0 Å². The second-order valence-electron chi connectivity index (χ2n) is 4.76. The first-order chi connectivity index (χ1) is 8.08. The number of hydrogen-bond donors (Lipinski definition) is 0. The van der Waals surface area contributed by atoms with Crippen molar-refractivity contribution in [1.82, 2.24) is 0 Å². The van der Waals surface area contributed by atoms with Crippen molar-refractivity contribution < 1.29 is 0 Å². The molecular formula is C16H17Cl. The van der Waals surface area contributed by atoms with Crippen LogP contribution in [0.1, 0.15) is 30.9 Å². The van der Waals surface area contributed by atoms with Crippen molar-refractivity contribution in [2.75, 3.05) is 0 Å². The fourth-order valence-electron chi connectivity index (χ4n) is 1.94. The molecule has 0 bridgehead atoms. The van der Waals surface area contributed by atoms with Gasteiger partial charge in [0.2, 0.25) is 0 Å². The Bertz CT molecular complexity index is 527. The second kappa shape index (κ2) is 4.93. The lowest BCUT2D eigenvalue weighted by atomic mass is 9.97. The van der Waals surface area contributed by atoms with E-state index in [0.717, 1.165) is 10.6 Å². The lowest BCUT2D eigenvalue weighted by Gasteiger charge is -2.11. The van der Waals surface area contributed by atoms with Crippen LogP contribution in [0.25, 0.3) is 11.1 Å². The van der Waals surface area contributed by atoms with Crippen molar-refractivity contribution in [3.63, 3.8) is 0 Å². The molecule has 0 fully saturated rings. The number of aryl methyl sites for hydroxylation is 1. The van der Waals surface area contributed by atoms with Crippen LogP contribution in [-0.2, 0) is 0 Å². The predicted molar refractivity (Wildman–Crippen MR) is 75.7 cm³/mol. The van der Waals surface area contributed by atoms with Crippen LogP contribution in [0, 0.1) is 6.92 Å². The van der Waals surface area contributed by atoms with Crippen LogP contribution in [-0.4, -0.2) is 0 Å². The Morgan fingerprint density at radius 3 is 2.41 bits per heavy atom. The van der Waals surface area contributed by atoms with Gasteiger partial charge in [0.1, 0.15) is 0 Å². The van der Waals surface area contributed by atoms with Gasteiger partial charge in [-0.05, 0) is 36.1 Å². The Labute approximate surface area is 108 Å². The Hall–Kier alpha value is -1.27. The fourth-order valence-corrected chi connectivity index (χ4v) is 2.16. The first-order valence-electron chi connectivity index (χ1n) is 5.94. The van der Waals surface area contributed by atoms with Crippen molar-refractivity contribution in [1.29, 1.82) is 0 Å². The van der Waals surface area contributed by atoms with Crippen LogP contribution in [0.3, 0.4) is 0 Å². The zero-order valence-corrected chi connectivity index (χ0v) is 11.3. The van der Waals surface area contributed by atoms with Crippen LogP contribution in [0.4, 0.5) is 0 Å². The van der Waals surface area contributed by atoms with E-state index in [1.54, 1.807) is 0 Å². The molecule has 0 aliphatic carbocycles. The van der Waals surface area contributed by atoms with Crippen molar-refractivity contribution >= 4 is 11.6 Å². The van der Waals surface area contributed by atoms with Gasteiger partial charge in [0, 0.05) is 10.6 Å². The van der Waals surface area contributed by atoms with Gasteiger partial charge in [0.15, 0.2) is 0 Å². The monoisotopic (exact) mass is 244 g/mol. The molecule has 0 aliphatic rings. The third-order valence-corrected chi connectivity index (χ3v) is 3.32. The summed E-state index contributed by atoms with van der Waals surface area (Å²) >= 11 is 6.29. The highest BCUT2D eigenvalue weighted by Crippen LogP contribution is 2.31. The van der Waals surface area contributed by atoms with Gasteiger partial charge < -0.3 is 0 Å². The van der Waals surface area contributed by atoms with E-state index in [-0.39, 0.29) is 0 Å². The summed E-state index contributed by atoms with van der Waals surface area (Å²) in [6, 6.07) is 14.7. The molecule has 0 aromatic heterocycles. The van der Waals surface area contributed by atoms with E-state index in [4.69, 9.17) is 11.6 Å². The first-order valence-corrected chi connectivity index (χ1v) is 6.32. The van der Waals surface area contributed by atoms with Crippen molar-refractivity contribution in [2.24, 2.45) is 0 Å². The number of benzene rings is 2. The topological polar surface area (TPSA) is 0 Å². The van der Waals surface area contributed by atoms with Crippen LogP contribution < -0.4 is 0 Å². The molecule has 0 aliphatic heterocycles. The highest BCUT2D eigenvalue weighted by atomic mass is 35.5. The number of halogens is 1. The second-order valence-corrected chi connectivity index (χ2v) is 5.17. The molecule has 2 aromatic carbocycles. The lowest BCUT2D eigenvalue weighted by Crippen LogP contribution is -1.89. The van der Waals surface area contributed by atoms with Crippen molar-refractivity contribution in [2.45, 2.75) is 26.7 Å². The number of hydrogen-bond acceptors (Lipinski definition) is 0. The molecule has 0 saturated carbocycles. The maximum absolute atomic E-state index is 6.29. The van der Waals surface area contributed by atoms with Crippen molar-refractivity contribution in [3.05, 3.63) is 58.6 Å². The Kier molecular flexibility index (Phi) is 3.54. The van der Waals surface area contributed by atoms with E-state index >= 15 is 0 Å². The van der Waals surface area contributed by atoms with Gasteiger partial charge in [-0.2, -0.15) is 0 Å². The summed E-state index contributed by atoms with van der Waals surface area (Å²) in [5.74, 6) is 0.524. The summed E-state index contributed by atoms with van der Waals surface area (Å²) in [5.41, 5.74) is 4.90. The summed E-state index contributed by atoms with van der Waals surface area (Å²) in [4.78, 5) is 0. The average Bonchev–Trinajstić information content (AvgIpc) is 2.29. The van der Waals surface area contributed by atoms with Crippen LogP contribution in [0.2, 0.25) is 5.02 Å². The van der Waals surface area contributed by atoms with Crippen LogP contribution in [0.5, 0.6) is 0 Å². The first kappa shape index (κ1) is 12.2. The molecule has 0 saturated heterocycles. The smallest absolute Gasteiger partial charge is 0.0484 e. The zero-order valence-electron chi connectivity index (χ0n) is 10.5. The molecular weight excluding hydrogens is 228 g/mol. The predicted octanol–water partition coefficient (Wildman–Crippen LogP) is 5.44. The minimum Gasteiger partial charge on any atom is -0.0837 e. The molecule has 2 aromatic rings. The minimum atomic E-state index is 0.524. The van der Waals surface area contributed by atoms with E-state index in [1.807, 2.05) is 6.07 Å². The molecule has 0 nitrogen and oxygen atoms in total. The van der Waals surface area contributed by atoms with E-state index in [2.05, 4.69) is 57.2 Å². The molecule has 0 heterocycles. The molecule has 0 atom stereocenters. The van der Waals surface area contributed by atoms with Gasteiger partial charge in [0.05, 0.1) is 0 Å². The SMILES string of the molecule is Cc1cccc(-c2cc(C(C)C)ccc2Cl)c1. The van der Waals surface area contributed by atoms with Crippen LogP contribution in [0.15, 0.2) is 42.5 Å². The summed E-state index contributed by atoms with van der Waals surface area (Å²) in [7, 11) is 0. The highest BCUT2D eigenvalue weighted by Gasteiger charge is 2.07. The Morgan fingerprint density at radius 1 is 1.00 bits per heavy atom. The maximum Gasteiger partial charge on any atom is 0.0484 e. The molecule has 0 radical (unpaired) electrons. The minimum absolute atomic E-state index is 0.524. The van der Waals surface area contributed by atoms with E-state index in [9.17, 15) is 0 Å².